The van der Waals surface area contributed by atoms with E-state index in [4.69, 9.17) is 24.9 Å². The van der Waals surface area contributed by atoms with Crippen LogP contribution in [-0.4, -0.2) is 23.0 Å². The number of aromatic nitrogens is 3. The van der Waals surface area contributed by atoms with Crippen LogP contribution in [0.2, 0.25) is 19.6 Å². The summed E-state index contributed by atoms with van der Waals surface area (Å²) in [7, 11) is -2.21. The maximum atomic E-state index is 9.02. The topological polar surface area (TPSA) is 51.8 Å². The molecule has 0 aliphatic heterocycles. The van der Waals surface area contributed by atoms with E-state index in [0.717, 1.165) is 22.1 Å². The van der Waals surface area contributed by atoms with E-state index in [-0.39, 0.29) is 46.8 Å². The third kappa shape index (κ3) is 4.79. The van der Waals surface area contributed by atoms with Gasteiger partial charge in [-0.15, -0.1) is 0 Å². The van der Waals surface area contributed by atoms with E-state index < -0.39 is 8.07 Å². The molecule has 0 radical (unpaired) electrons. The first-order valence-corrected chi connectivity index (χ1v) is 19.0. The molecular formula is C41H35N3OSi. The lowest BCUT2D eigenvalue weighted by Crippen LogP contribution is -2.37. The summed E-state index contributed by atoms with van der Waals surface area (Å²) < 4.78 is 42.0. The normalized spacial score (nSPS) is 14.7. The quantitative estimate of drug-likeness (QED) is 0.180. The minimum absolute atomic E-state index is 0.0413. The Balaban J connectivity index is 1.30. The molecule has 46 heavy (non-hydrogen) atoms. The van der Waals surface area contributed by atoms with Gasteiger partial charge in [0.15, 0.2) is 23.2 Å². The zero-order valence-electron chi connectivity index (χ0n) is 30.5. The Hall–Kier alpha value is -5.13. The van der Waals surface area contributed by atoms with E-state index in [2.05, 4.69) is 62.4 Å². The van der Waals surface area contributed by atoms with Gasteiger partial charge in [-0.05, 0) is 57.6 Å². The van der Waals surface area contributed by atoms with Crippen LogP contribution in [-0.2, 0) is 5.41 Å². The van der Waals surface area contributed by atoms with Crippen LogP contribution in [0.25, 0.3) is 67.6 Å². The molecule has 5 aromatic carbocycles. The summed E-state index contributed by atoms with van der Waals surface area (Å²) in [5.74, 6) is 1.07. The number of nitrogens with zero attached hydrogens (tertiary/aromatic N) is 3. The monoisotopic (exact) mass is 617 g/mol. The number of rotatable bonds is 5. The van der Waals surface area contributed by atoms with Gasteiger partial charge in [-0.3, -0.25) is 0 Å². The molecule has 4 nitrogen and oxygen atoms in total. The molecule has 2 aromatic heterocycles. The van der Waals surface area contributed by atoms with Crippen LogP contribution in [0.15, 0.2) is 126 Å². The van der Waals surface area contributed by atoms with Crippen LogP contribution in [0.1, 0.15) is 30.5 Å². The highest BCUT2D eigenvalue weighted by molar-refractivity contribution is 6.88. The van der Waals surface area contributed by atoms with Crippen LogP contribution >= 0.6 is 0 Å². The molecule has 0 unspecified atom stereocenters. The average Bonchev–Trinajstić information content (AvgIpc) is 3.64. The molecule has 0 atom stereocenters. The van der Waals surface area contributed by atoms with E-state index in [1.54, 1.807) is 0 Å². The van der Waals surface area contributed by atoms with Crippen LogP contribution in [0.4, 0.5) is 0 Å². The van der Waals surface area contributed by atoms with Crippen LogP contribution < -0.4 is 5.19 Å². The van der Waals surface area contributed by atoms with Gasteiger partial charge in [-0.2, -0.15) is 0 Å². The average molecular weight is 618 g/mol. The van der Waals surface area contributed by atoms with Crippen molar-refractivity contribution in [3.05, 3.63) is 132 Å². The zero-order valence-corrected chi connectivity index (χ0v) is 27.5. The molecule has 2 heterocycles. The van der Waals surface area contributed by atoms with Crippen molar-refractivity contribution in [3.8, 4) is 56.6 Å². The van der Waals surface area contributed by atoms with E-state index >= 15 is 0 Å². The van der Waals surface area contributed by atoms with E-state index in [0.29, 0.717) is 22.4 Å². The summed E-state index contributed by atoms with van der Waals surface area (Å²) >= 11 is 0. The van der Waals surface area contributed by atoms with Gasteiger partial charge in [0.25, 0.3) is 0 Å². The zero-order chi connectivity index (χ0) is 35.1. The maximum Gasteiger partial charge on any atom is 0.199 e. The van der Waals surface area contributed by atoms with Gasteiger partial charge in [0.05, 0.1) is 13.6 Å². The number of furan rings is 1. The summed E-state index contributed by atoms with van der Waals surface area (Å²) in [5, 5.41) is 1.37. The smallest absolute Gasteiger partial charge is 0.199 e. The Morgan fingerprint density at radius 1 is 0.587 bits per heavy atom. The van der Waals surface area contributed by atoms with Crippen molar-refractivity contribution in [2.45, 2.75) is 38.9 Å². The fourth-order valence-electron chi connectivity index (χ4n) is 6.34. The first-order valence-electron chi connectivity index (χ1n) is 17.5. The highest BCUT2D eigenvalue weighted by Gasteiger charge is 2.35. The van der Waals surface area contributed by atoms with E-state index in [1.807, 2.05) is 68.2 Å². The van der Waals surface area contributed by atoms with Crippen molar-refractivity contribution in [2.24, 2.45) is 0 Å². The fourth-order valence-corrected chi connectivity index (χ4v) is 7.22. The number of fused-ring (bicyclic) bond motifs is 4. The minimum atomic E-state index is -2.21. The number of hydrogen-bond acceptors (Lipinski definition) is 4. The summed E-state index contributed by atoms with van der Waals surface area (Å²) in [5.41, 5.74) is 8.50. The highest BCUT2D eigenvalue weighted by Crippen LogP contribution is 2.49. The van der Waals surface area contributed by atoms with Crippen LogP contribution in [0.5, 0.6) is 0 Å². The molecule has 1 aliphatic carbocycles. The largest absolute Gasteiger partial charge is 0.453 e. The van der Waals surface area contributed by atoms with Crippen LogP contribution in [0, 0.1) is 0 Å². The summed E-state index contributed by atoms with van der Waals surface area (Å²) in [6.07, 6.45) is 0. The third-order valence-corrected chi connectivity index (χ3v) is 10.7. The van der Waals surface area contributed by atoms with E-state index in [9.17, 15) is 0 Å². The van der Waals surface area contributed by atoms with Crippen molar-refractivity contribution in [1.29, 1.82) is 0 Å². The second kappa shape index (κ2) is 10.5. The predicted octanol–water partition coefficient (Wildman–Crippen LogP) is 10.1. The lowest BCUT2D eigenvalue weighted by molar-refractivity contribution is 0.625. The van der Waals surface area contributed by atoms with Gasteiger partial charge in [-0.25, -0.2) is 15.0 Å². The molecule has 8 rings (SSSR count). The molecule has 0 bridgehead atoms. The number of para-hydroxylation sites is 1. The molecule has 0 amide bonds. The molecule has 0 saturated heterocycles. The van der Waals surface area contributed by atoms with Crippen molar-refractivity contribution < 1.29 is 9.90 Å². The molecular weight excluding hydrogens is 579 g/mol. The lowest BCUT2D eigenvalue weighted by Gasteiger charge is -2.22. The van der Waals surface area contributed by atoms with Gasteiger partial charge < -0.3 is 4.42 Å². The minimum Gasteiger partial charge on any atom is -0.453 e. The lowest BCUT2D eigenvalue weighted by atomic mass is 9.81. The Morgan fingerprint density at radius 2 is 1.24 bits per heavy atom. The summed E-state index contributed by atoms with van der Waals surface area (Å²) in [6.45, 7) is 10.6. The summed E-state index contributed by atoms with van der Waals surface area (Å²) in [6, 6.07) is 32.3. The van der Waals surface area contributed by atoms with Gasteiger partial charge >= 0.3 is 0 Å². The predicted molar refractivity (Wildman–Crippen MR) is 192 cm³/mol. The fraction of sp³-hybridized carbons (Fsp3) is 0.146. The first kappa shape index (κ1) is 24.1. The first-order chi connectivity index (χ1) is 23.8. The third-order valence-electron chi connectivity index (χ3n) is 8.92. The van der Waals surface area contributed by atoms with Gasteiger partial charge in [0, 0.05) is 21.9 Å². The molecule has 5 heteroatoms. The Labute approximate surface area is 276 Å². The molecule has 7 aromatic rings. The molecule has 0 saturated carbocycles. The molecule has 224 valence electrons. The molecule has 0 spiro atoms. The van der Waals surface area contributed by atoms with E-state index in [1.165, 1.54) is 22.3 Å². The van der Waals surface area contributed by atoms with Crippen molar-refractivity contribution in [2.75, 3.05) is 0 Å². The summed E-state index contributed by atoms with van der Waals surface area (Å²) in [4.78, 5) is 14.4. The molecule has 0 fully saturated rings. The molecule has 1 aliphatic rings. The van der Waals surface area contributed by atoms with Gasteiger partial charge in [0.2, 0.25) is 0 Å². The van der Waals surface area contributed by atoms with Gasteiger partial charge in [0.1, 0.15) is 5.58 Å². The van der Waals surface area contributed by atoms with Crippen molar-refractivity contribution in [3.63, 3.8) is 0 Å². The van der Waals surface area contributed by atoms with Crippen molar-refractivity contribution in [1.82, 2.24) is 15.0 Å². The standard InChI is InChI=1S/C41H35N3OSi/c1-41(2)34-15-8-7-14-32(34)33-22-19-28(24-35(33)41)27-12-10-13-30(23-27)39-42-38(26-17-20-31(21-18-26)46(3,4)5)43-40(44-39)37-25-29-11-6-9-16-36(29)45-37/h6-25H,1-5H3/i17D,18D,20D,21D. The SMILES string of the molecule is [2H]c1c([2H])c([Si](C)(C)C)c([2H])c([2H])c1-c1nc(-c2cccc(-c3ccc4c(c3)C(C)(C)c3ccccc3-4)c2)nc(-c2cc3ccccc3o2)n1. The van der Waals surface area contributed by atoms with Crippen LogP contribution in [0.3, 0.4) is 0 Å². The second-order valence-electron chi connectivity index (χ2n) is 13.5. The second-order valence-corrected chi connectivity index (χ2v) is 18.5. The highest BCUT2D eigenvalue weighted by atomic mass is 28.3. The number of benzene rings is 5. The van der Waals surface area contributed by atoms with Crippen molar-refractivity contribution >= 4 is 24.2 Å². The molecule has 0 N–H and O–H groups in total. The Bertz CT molecular complexity index is 2460. The maximum absolute atomic E-state index is 9.02. The number of hydrogen-bond donors (Lipinski definition) is 0. The Morgan fingerprint density at radius 3 is 2.02 bits per heavy atom. The Kier molecular flexibility index (Phi) is 5.49. The van der Waals surface area contributed by atoms with Gasteiger partial charge in [-0.1, -0.05) is 136 Å².